The number of alkyl halides is 1. The van der Waals surface area contributed by atoms with Crippen LogP contribution in [0, 0.1) is 11.6 Å². The molecular weight excluding hydrogens is 268 g/mol. The van der Waals surface area contributed by atoms with Gasteiger partial charge in [0, 0.05) is 23.8 Å². The molecule has 0 atom stereocenters. The summed E-state index contributed by atoms with van der Waals surface area (Å²) in [5, 5.41) is 0. The molecule has 0 saturated carbocycles. The van der Waals surface area contributed by atoms with E-state index in [0.29, 0.717) is 12.4 Å². The van der Waals surface area contributed by atoms with Crippen molar-refractivity contribution in [2.75, 3.05) is 17.3 Å². The van der Waals surface area contributed by atoms with Gasteiger partial charge in [-0.2, -0.15) is 0 Å². The standard InChI is InChI=1S/C15H14ClF2N/c16-9-2-10-19(14-7-5-12(17)6-8-14)15-4-1-3-13(18)11-15/h1,3-8,11H,2,9-10H2. The highest BCUT2D eigenvalue weighted by atomic mass is 35.5. The molecule has 0 fully saturated rings. The van der Waals surface area contributed by atoms with Crippen LogP contribution in [0.4, 0.5) is 20.2 Å². The molecule has 0 heterocycles. The predicted octanol–water partition coefficient (Wildman–Crippen LogP) is 4.73. The Bertz CT molecular complexity index is 528. The lowest BCUT2D eigenvalue weighted by molar-refractivity contribution is 0.626. The van der Waals surface area contributed by atoms with Crippen LogP contribution in [0.1, 0.15) is 6.42 Å². The first-order valence-electron chi connectivity index (χ1n) is 6.05. The van der Waals surface area contributed by atoms with E-state index in [4.69, 9.17) is 11.6 Å². The van der Waals surface area contributed by atoms with Crippen LogP contribution in [0.2, 0.25) is 0 Å². The molecule has 0 amide bonds. The van der Waals surface area contributed by atoms with Gasteiger partial charge in [-0.15, -0.1) is 11.6 Å². The van der Waals surface area contributed by atoms with Crippen molar-refractivity contribution < 1.29 is 8.78 Å². The van der Waals surface area contributed by atoms with E-state index in [2.05, 4.69) is 0 Å². The fourth-order valence-electron chi connectivity index (χ4n) is 1.89. The summed E-state index contributed by atoms with van der Waals surface area (Å²) in [5.74, 6) is -0.0664. The largest absolute Gasteiger partial charge is 0.341 e. The molecule has 100 valence electrons. The van der Waals surface area contributed by atoms with Crippen LogP contribution < -0.4 is 4.90 Å². The van der Waals surface area contributed by atoms with Gasteiger partial charge in [-0.3, -0.25) is 0 Å². The lowest BCUT2D eigenvalue weighted by Crippen LogP contribution is -2.18. The molecule has 4 heteroatoms. The van der Waals surface area contributed by atoms with E-state index in [1.54, 1.807) is 18.2 Å². The summed E-state index contributed by atoms with van der Waals surface area (Å²) in [4.78, 5) is 1.92. The van der Waals surface area contributed by atoms with Gasteiger partial charge in [0.1, 0.15) is 11.6 Å². The van der Waals surface area contributed by atoms with Gasteiger partial charge in [-0.1, -0.05) is 6.07 Å². The molecule has 0 aliphatic carbocycles. The van der Waals surface area contributed by atoms with Crippen molar-refractivity contribution >= 4 is 23.0 Å². The monoisotopic (exact) mass is 281 g/mol. The van der Waals surface area contributed by atoms with Crippen LogP contribution in [0.25, 0.3) is 0 Å². The van der Waals surface area contributed by atoms with Gasteiger partial charge in [-0.05, 0) is 48.9 Å². The Labute approximate surface area is 116 Å². The lowest BCUT2D eigenvalue weighted by atomic mass is 10.2. The molecule has 0 radical (unpaired) electrons. The molecule has 2 rings (SSSR count). The Balaban J connectivity index is 2.32. The fraction of sp³-hybridized carbons (Fsp3) is 0.200. The van der Waals surface area contributed by atoms with Crippen molar-refractivity contribution in [3.8, 4) is 0 Å². The van der Waals surface area contributed by atoms with E-state index >= 15 is 0 Å². The summed E-state index contributed by atoms with van der Waals surface area (Å²) in [5.41, 5.74) is 1.55. The first-order chi connectivity index (χ1) is 9.20. The van der Waals surface area contributed by atoms with Crippen LogP contribution in [0.5, 0.6) is 0 Å². The molecule has 0 unspecified atom stereocenters. The normalized spacial score (nSPS) is 10.5. The summed E-state index contributed by atoms with van der Waals surface area (Å²) in [6.07, 6.45) is 0.759. The number of benzene rings is 2. The zero-order valence-corrected chi connectivity index (χ0v) is 11.1. The molecule has 0 saturated heterocycles. The van der Waals surface area contributed by atoms with E-state index in [-0.39, 0.29) is 11.6 Å². The van der Waals surface area contributed by atoms with Gasteiger partial charge < -0.3 is 4.90 Å². The van der Waals surface area contributed by atoms with Gasteiger partial charge in [0.15, 0.2) is 0 Å². The minimum atomic E-state index is -0.296. The SMILES string of the molecule is Fc1ccc(N(CCCCl)c2cccc(F)c2)cc1. The maximum atomic E-state index is 13.3. The molecule has 0 spiro atoms. The molecular formula is C15H14ClF2N. The molecule has 2 aromatic carbocycles. The summed E-state index contributed by atoms with van der Waals surface area (Å²) in [6.45, 7) is 0.651. The van der Waals surface area contributed by atoms with Crippen molar-refractivity contribution in [2.24, 2.45) is 0 Å². The number of anilines is 2. The topological polar surface area (TPSA) is 3.24 Å². The van der Waals surface area contributed by atoms with E-state index in [1.165, 1.54) is 24.3 Å². The highest BCUT2D eigenvalue weighted by Gasteiger charge is 2.09. The van der Waals surface area contributed by atoms with Crippen molar-refractivity contribution in [3.63, 3.8) is 0 Å². The Hall–Kier alpha value is -1.61. The second kappa shape index (κ2) is 6.53. The number of halogens is 3. The summed E-state index contributed by atoms with van der Waals surface area (Å²) < 4.78 is 26.3. The van der Waals surface area contributed by atoms with E-state index < -0.39 is 0 Å². The minimum Gasteiger partial charge on any atom is -0.341 e. The highest BCUT2D eigenvalue weighted by Crippen LogP contribution is 2.26. The molecule has 0 bridgehead atoms. The molecule has 0 aliphatic rings. The van der Waals surface area contributed by atoms with Gasteiger partial charge in [0.05, 0.1) is 0 Å². The predicted molar refractivity (Wildman–Crippen MR) is 75.1 cm³/mol. The minimum absolute atomic E-state index is 0.291. The summed E-state index contributed by atoms with van der Waals surface area (Å²) in [7, 11) is 0. The number of hydrogen-bond donors (Lipinski definition) is 0. The van der Waals surface area contributed by atoms with Crippen LogP contribution in [-0.2, 0) is 0 Å². The third-order valence-corrected chi connectivity index (χ3v) is 3.04. The molecule has 0 aliphatic heterocycles. The van der Waals surface area contributed by atoms with Crippen molar-refractivity contribution in [1.29, 1.82) is 0 Å². The maximum absolute atomic E-state index is 13.3. The smallest absolute Gasteiger partial charge is 0.125 e. The van der Waals surface area contributed by atoms with Crippen LogP contribution in [-0.4, -0.2) is 12.4 Å². The number of rotatable bonds is 5. The third kappa shape index (κ3) is 3.67. The van der Waals surface area contributed by atoms with E-state index in [9.17, 15) is 8.78 Å². The molecule has 0 aromatic heterocycles. The van der Waals surface area contributed by atoms with Gasteiger partial charge in [-0.25, -0.2) is 8.78 Å². The second-order valence-electron chi connectivity index (χ2n) is 4.15. The van der Waals surface area contributed by atoms with Crippen molar-refractivity contribution in [3.05, 3.63) is 60.2 Å². The average Bonchev–Trinajstić information content (AvgIpc) is 2.41. The third-order valence-electron chi connectivity index (χ3n) is 2.77. The van der Waals surface area contributed by atoms with Crippen molar-refractivity contribution in [2.45, 2.75) is 6.42 Å². The number of hydrogen-bond acceptors (Lipinski definition) is 1. The molecule has 2 aromatic rings. The van der Waals surface area contributed by atoms with Crippen LogP contribution >= 0.6 is 11.6 Å². The Morgan fingerprint density at radius 1 is 0.895 bits per heavy atom. The van der Waals surface area contributed by atoms with Crippen LogP contribution in [0.15, 0.2) is 48.5 Å². The Morgan fingerprint density at radius 2 is 1.63 bits per heavy atom. The van der Waals surface area contributed by atoms with E-state index in [1.807, 2.05) is 11.0 Å². The second-order valence-corrected chi connectivity index (χ2v) is 4.53. The quantitative estimate of drug-likeness (QED) is 0.716. The van der Waals surface area contributed by atoms with Gasteiger partial charge in [0.25, 0.3) is 0 Å². The summed E-state index contributed by atoms with van der Waals surface area (Å²) in [6, 6.07) is 12.5. The fourth-order valence-corrected chi connectivity index (χ4v) is 2.01. The molecule has 19 heavy (non-hydrogen) atoms. The number of nitrogens with zero attached hydrogens (tertiary/aromatic N) is 1. The lowest BCUT2D eigenvalue weighted by Gasteiger charge is -2.24. The first kappa shape index (κ1) is 13.8. The van der Waals surface area contributed by atoms with Gasteiger partial charge >= 0.3 is 0 Å². The Morgan fingerprint density at radius 3 is 2.26 bits per heavy atom. The zero-order valence-electron chi connectivity index (χ0n) is 10.3. The first-order valence-corrected chi connectivity index (χ1v) is 6.59. The average molecular weight is 282 g/mol. The highest BCUT2D eigenvalue weighted by molar-refractivity contribution is 6.17. The zero-order chi connectivity index (χ0) is 13.7. The Kier molecular flexibility index (Phi) is 4.74. The van der Waals surface area contributed by atoms with E-state index in [0.717, 1.165) is 17.8 Å². The molecule has 1 nitrogen and oxygen atoms in total. The van der Waals surface area contributed by atoms with Crippen LogP contribution in [0.3, 0.4) is 0 Å². The maximum Gasteiger partial charge on any atom is 0.125 e. The molecule has 0 N–H and O–H groups in total. The van der Waals surface area contributed by atoms with Crippen molar-refractivity contribution in [1.82, 2.24) is 0 Å². The summed E-state index contributed by atoms with van der Waals surface area (Å²) >= 11 is 5.72. The van der Waals surface area contributed by atoms with Gasteiger partial charge in [0.2, 0.25) is 0 Å².